The Bertz CT molecular complexity index is 740. The molecule has 0 spiro atoms. The second kappa shape index (κ2) is 7.64. The van der Waals surface area contributed by atoms with Crippen molar-refractivity contribution in [2.75, 3.05) is 18.9 Å². The molecule has 1 aromatic carbocycles. The highest BCUT2D eigenvalue weighted by Gasteiger charge is 2.32. The number of nitrogens with zero attached hydrogens (tertiary/aromatic N) is 2. The number of aromatic nitrogens is 1. The largest absolute Gasteiger partial charge is 0.478 e. The van der Waals surface area contributed by atoms with Crippen molar-refractivity contribution in [1.82, 2.24) is 9.88 Å². The molecule has 1 aliphatic rings. The van der Waals surface area contributed by atoms with Gasteiger partial charge < -0.3 is 9.64 Å². The van der Waals surface area contributed by atoms with E-state index in [1.807, 2.05) is 17.9 Å². The summed E-state index contributed by atoms with van der Waals surface area (Å²) in [4.78, 5) is 18.8. The first kappa shape index (κ1) is 17.4. The van der Waals surface area contributed by atoms with Crippen LogP contribution in [0.3, 0.4) is 0 Å². The minimum atomic E-state index is -0.117. The van der Waals surface area contributed by atoms with Crippen LogP contribution in [0.1, 0.15) is 28.2 Å². The average molecular weight is 383 g/mol. The number of hydrogen-bond donors (Lipinski definition) is 0. The highest BCUT2D eigenvalue weighted by Crippen LogP contribution is 2.42. The second-order valence-corrected chi connectivity index (χ2v) is 7.24. The van der Waals surface area contributed by atoms with Crippen LogP contribution in [0.15, 0.2) is 36.5 Å². The van der Waals surface area contributed by atoms with Crippen LogP contribution >= 0.6 is 35.0 Å². The Hall–Kier alpha value is -1.43. The number of hydrogen-bond acceptors (Lipinski definition) is 4. The molecule has 1 fully saturated rings. The van der Waals surface area contributed by atoms with Crippen LogP contribution in [-0.2, 0) is 0 Å². The van der Waals surface area contributed by atoms with Gasteiger partial charge in [0.15, 0.2) is 0 Å². The van der Waals surface area contributed by atoms with Gasteiger partial charge in [0.1, 0.15) is 5.37 Å². The number of amides is 1. The van der Waals surface area contributed by atoms with Gasteiger partial charge in [0.2, 0.25) is 5.88 Å². The SMILES string of the molecule is CCOc1ccc(C(=O)N2CCSC2c2ccc(Cl)cc2Cl)cn1. The second-order valence-electron chi connectivity index (χ2n) is 5.21. The quantitative estimate of drug-likeness (QED) is 0.769. The zero-order chi connectivity index (χ0) is 17.1. The summed E-state index contributed by atoms with van der Waals surface area (Å²) in [5.41, 5.74) is 1.44. The van der Waals surface area contributed by atoms with E-state index in [0.717, 1.165) is 11.3 Å². The molecular weight excluding hydrogens is 367 g/mol. The van der Waals surface area contributed by atoms with Gasteiger partial charge in [-0.1, -0.05) is 29.3 Å². The minimum absolute atomic E-state index is 0.0634. The molecular formula is C17H16Cl2N2O2S. The van der Waals surface area contributed by atoms with Crippen molar-refractivity contribution in [3.8, 4) is 5.88 Å². The Kier molecular flexibility index (Phi) is 5.54. The highest BCUT2D eigenvalue weighted by atomic mass is 35.5. The molecule has 0 aliphatic carbocycles. The van der Waals surface area contributed by atoms with Gasteiger partial charge in [-0.2, -0.15) is 0 Å². The van der Waals surface area contributed by atoms with Crippen molar-refractivity contribution < 1.29 is 9.53 Å². The number of pyridine rings is 1. The van der Waals surface area contributed by atoms with Gasteiger partial charge in [0.25, 0.3) is 5.91 Å². The molecule has 0 saturated carbocycles. The van der Waals surface area contributed by atoms with E-state index >= 15 is 0 Å². The molecule has 1 atom stereocenters. The Morgan fingerprint density at radius 3 is 2.88 bits per heavy atom. The minimum Gasteiger partial charge on any atom is -0.478 e. The highest BCUT2D eigenvalue weighted by molar-refractivity contribution is 7.99. The van der Waals surface area contributed by atoms with Crippen molar-refractivity contribution in [1.29, 1.82) is 0 Å². The summed E-state index contributed by atoms with van der Waals surface area (Å²) in [7, 11) is 0. The molecule has 7 heteroatoms. The standard InChI is InChI=1S/C17H16Cl2N2O2S/c1-2-23-15-6-3-11(10-20-15)16(22)21-7-8-24-17(21)13-5-4-12(18)9-14(13)19/h3-6,9-10,17H,2,7-8H2,1H3. The fraction of sp³-hybridized carbons (Fsp3) is 0.294. The van der Waals surface area contributed by atoms with Crippen molar-refractivity contribution in [2.45, 2.75) is 12.3 Å². The normalized spacial score (nSPS) is 17.1. The molecule has 1 aliphatic heterocycles. The Morgan fingerprint density at radius 1 is 1.38 bits per heavy atom. The predicted molar refractivity (Wildman–Crippen MR) is 98.1 cm³/mol. The molecule has 24 heavy (non-hydrogen) atoms. The average Bonchev–Trinajstić information content (AvgIpc) is 3.04. The monoisotopic (exact) mass is 382 g/mol. The Labute approximate surface area is 155 Å². The maximum atomic E-state index is 12.8. The van der Waals surface area contributed by atoms with Crippen LogP contribution < -0.4 is 4.74 Å². The Balaban J connectivity index is 1.83. The van der Waals surface area contributed by atoms with Crippen molar-refractivity contribution in [2.24, 2.45) is 0 Å². The first-order valence-corrected chi connectivity index (χ1v) is 9.37. The third-order valence-electron chi connectivity index (χ3n) is 3.66. The number of ether oxygens (including phenoxy) is 1. The van der Waals surface area contributed by atoms with Crippen LogP contribution in [0, 0.1) is 0 Å². The summed E-state index contributed by atoms with van der Waals surface area (Å²) in [6.45, 7) is 3.10. The molecule has 0 N–H and O–H groups in total. The van der Waals surface area contributed by atoms with E-state index in [4.69, 9.17) is 27.9 Å². The number of carbonyl (C=O) groups excluding carboxylic acids is 1. The maximum Gasteiger partial charge on any atom is 0.256 e. The van der Waals surface area contributed by atoms with Gasteiger partial charge in [-0.3, -0.25) is 4.79 Å². The Morgan fingerprint density at radius 2 is 2.21 bits per heavy atom. The zero-order valence-electron chi connectivity index (χ0n) is 13.0. The third kappa shape index (κ3) is 3.63. The van der Waals surface area contributed by atoms with Gasteiger partial charge in [0, 0.05) is 40.2 Å². The van der Waals surface area contributed by atoms with E-state index in [9.17, 15) is 4.79 Å². The first-order chi connectivity index (χ1) is 11.6. The molecule has 0 bridgehead atoms. The molecule has 1 aromatic heterocycles. The molecule has 0 radical (unpaired) electrons. The van der Waals surface area contributed by atoms with E-state index in [1.54, 1.807) is 42.2 Å². The fourth-order valence-electron chi connectivity index (χ4n) is 2.54. The fourth-order valence-corrected chi connectivity index (χ4v) is 4.41. The van der Waals surface area contributed by atoms with Crippen LogP contribution in [0.25, 0.3) is 0 Å². The van der Waals surface area contributed by atoms with Crippen LogP contribution in [0.4, 0.5) is 0 Å². The molecule has 126 valence electrons. The van der Waals surface area contributed by atoms with Crippen molar-refractivity contribution >= 4 is 40.9 Å². The molecule has 1 amide bonds. The van der Waals surface area contributed by atoms with E-state index in [1.165, 1.54) is 0 Å². The van der Waals surface area contributed by atoms with Gasteiger partial charge in [0.05, 0.1) is 12.2 Å². The lowest BCUT2D eigenvalue weighted by Crippen LogP contribution is -2.30. The molecule has 1 unspecified atom stereocenters. The maximum absolute atomic E-state index is 12.8. The lowest BCUT2D eigenvalue weighted by molar-refractivity contribution is 0.0760. The predicted octanol–water partition coefficient (Wildman–Crippen LogP) is 4.67. The summed E-state index contributed by atoms with van der Waals surface area (Å²) in [6.07, 6.45) is 1.55. The van der Waals surface area contributed by atoms with E-state index in [0.29, 0.717) is 34.6 Å². The summed E-state index contributed by atoms with van der Waals surface area (Å²) in [6, 6.07) is 8.83. The van der Waals surface area contributed by atoms with Gasteiger partial charge in [-0.25, -0.2) is 4.98 Å². The molecule has 3 rings (SSSR count). The van der Waals surface area contributed by atoms with Crippen molar-refractivity contribution in [3.05, 3.63) is 57.7 Å². The number of halogens is 2. The summed E-state index contributed by atoms with van der Waals surface area (Å²) >= 11 is 14.0. The molecule has 2 aromatic rings. The van der Waals surface area contributed by atoms with E-state index in [-0.39, 0.29) is 11.3 Å². The number of thioether (sulfide) groups is 1. The first-order valence-electron chi connectivity index (χ1n) is 7.56. The summed E-state index contributed by atoms with van der Waals surface area (Å²) in [5.74, 6) is 1.31. The summed E-state index contributed by atoms with van der Waals surface area (Å²) < 4.78 is 5.31. The van der Waals surface area contributed by atoms with Crippen LogP contribution in [-0.4, -0.2) is 34.7 Å². The topological polar surface area (TPSA) is 42.4 Å². The number of benzene rings is 1. The van der Waals surface area contributed by atoms with Gasteiger partial charge >= 0.3 is 0 Å². The van der Waals surface area contributed by atoms with E-state index < -0.39 is 0 Å². The third-order valence-corrected chi connectivity index (χ3v) is 5.46. The van der Waals surface area contributed by atoms with Gasteiger partial charge in [-0.05, 0) is 25.1 Å². The van der Waals surface area contributed by atoms with Crippen molar-refractivity contribution in [3.63, 3.8) is 0 Å². The van der Waals surface area contributed by atoms with Gasteiger partial charge in [-0.15, -0.1) is 11.8 Å². The molecule has 2 heterocycles. The lowest BCUT2D eigenvalue weighted by atomic mass is 10.2. The lowest BCUT2D eigenvalue weighted by Gasteiger charge is -2.25. The summed E-state index contributed by atoms with van der Waals surface area (Å²) in [5, 5.41) is 1.04. The number of rotatable bonds is 4. The van der Waals surface area contributed by atoms with E-state index in [2.05, 4.69) is 4.98 Å². The zero-order valence-corrected chi connectivity index (χ0v) is 15.4. The van der Waals surface area contributed by atoms with Crippen LogP contribution in [0.5, 0.6) is 5.88 Å². The smallest absolute Gasteiger partial charge is 0.256 e. The van der Waals surface area contributed by atoms with Crippen LogP contribution in [0.2, 0.25) is 10.0 Å². The molecule has 4 nitrogen and oxygen atoms in total. The molecule has 1 saturated heterocycles. The number of carbonyl (C=O) groups is 1.